The quantitative estimate of drug-likeness (QED) is 0.901. The molecule has 1 unspecified atom stereocenters. The smallest absolute Gasteiger partial charge is 0.137 e. The number of hydrogen-bond acceptors (Lipinski definition) is 3. The van der Waals surface area contributed by atoms with Crippen LogP contribution in [0.5, 0.6) is 5.75 Å². The van der Waals surface area contributed by atoms with Gasteiger partial charge in [-0.1, -0.05) is 22.9 Å². The van der Waals surface area contributed by atoms with Crippen molar-refractivity contribution in [1.82, 2.24) is 4.98 Å². The van der Waals surface area contributed by atoms with Crippen LogP contribution in [0.3, 0.4) is 0 Å². The first-order chi connectivity index (χ1) is 9.60. The standard InChI is InChI=1S/C15H16BrFN2O/c1-2-3-20-14-6-11(8-19-9-14)15(18)10-4-12(16)7-13(17)5-10/h4-9,15H,2-3,18H2,1H3. The number of hydrogen-bond donors (Lipinski definition) is 1. The number of nitrogens with zero attached hydrogens (tertiary/aromatic N) is 1. The van der Waals surface area contributed by atoms with E-state index in [1.165, 1.54) is 12.1 Å². The van der Waals surface area contributed by atoms with Crippen LogP contribution >= 0.6 is 15.9 Å². The van der Waals surface area contributed by atoms with Gasteiger partial charge in [-0.2, -0.15) is 0 Å². The molecule has 0 amide bonds. The van der Waals surface area contributed by atoms with E-state index in [2.05, 4.69) is 20.9 Å². The van der Waals surface area contributed by atoms with E-state index in [9.17, 15) is 4.39 Å². The number of halogens is 2. The Morgan fingerprint density at radius 3 is 2.75 bits per heavy atom. The van der Waals surface area contributed by atoms with Crippen LogP contribution in [-0.2, 0) is 0 Å². The highest BCUT2D eigenvalue weighted by molar-refractivity contribution is 9.10. The third kappa shape index (κ3) is 3.77. The maximum Gasteiger partial charge on any atom is 0.137 e. The molecule has 0 saturated carbocycles. The second-order valence-electron chi connectivity index (χ2n) is 4.48. The Hall–Kier alpha value is -1.46. The van der Waals surface area contributed by atoms with Crippen molar-refractivity contribution >= 4 is 15.9 Å². The highest BCUT2D eigenvalue weighted by Gasteiger charge is 2.12. The van der Waals surface area contributed by atoms with E-state index in [-0.39, 0.29) is 5.82 Å². The minimum absolute atomic E-state index is 0.323. The second kappa shape index (κ2) is 6.81. The third-order valence-electron chi connectivity index (χ3n) is 2.81. The summed E-state index contributed by atoms with van der Waals surface area (Å²) in [5, 5.41) is 0. The normalized spacial score (nSPS) is 12.2. The van der Waals surface area contributed by atoms with Crippen LogP contribution in [-0.4, -0.2) is 11.6 Å². The lowest BCUT2D eigenvalue weighted by Gasteiger charge is -2.14. The van der Waals surface area contributed by atoms with Crippen molar-refractivity contribution in [2.45, 2.75) is 19.4 Å². The van der Waals surface area contributed by atoms with Gasteiger partial charge in [-0.15, -0.1) is 0 Å². The molecule has 2 N–H and O–H groups in total. The van der Waals surface area contributed by atoms with Gasteiger partial charge in [0.2, 0.25) is 0 Å². The predicted molar refractivity (Wildman–Crippen MR) is 80.2 cm³/mol. The Labute approximate surface area is 126 Å². The van der Waals surface area contributed by atoms with Gasteiger partial charge in [0.05, 0.1) is 18.8 Å². The first-order valence-corrected chi connectivity index (χ1v) is 7.18. The zero-order valence-corrected chi connectivity index (χ0v) is 12.7. The monoisotopic (exact) mass is 338 g/mol. The Morgan fingerprint density at radius 2 is 2.05 bits per heavy atom. The van der Waals surface area contributed by atoms with Crippen molar-refractivity contribution < 1.29 is 9.13 Å². The Morgan fingerprint density at radius 1 is 1.25 bits per heavy atom. The topological polar surface area (TPSA) is 48.1 Å². The minimum atomic E-state index is -0.445. The molecule has 1 heterocycles. The molecule has 3 nitrogen and oxygen atoms in total. The number of aromatic nitrogens is 1. The summed E-state index contributed by atoms with van der Waals surface area (Å²) in [6.45, 7) is 2.67. The molecule has 0 spiro atoms. The Balaban J connectivity index is 2.25. The van der Waals surface area contributed by atoms with Gasteiger partial charge in [-0.3, -0.25) is 4.98 Å². The number of rotatable bonds is 5. The largest absolute Gasteiger partial charge is 0.492 e. The lowest BCUT2D eigenvalue weighted by molar-refractivity contribution is 0.315. The summed E-state index contributed by atoms with van der Waals surface area (Å²) in [6, 6.07) is 6.02. The Kier molecular flexibility index (Phi) is 5.09. The van der Waals surface area contributed by atoms with Gasteiger partial charge in [0.15, 0.2) is 0 Å². The molecule has 0 saturated heterocycles. The van der Waals surface area contributed by atoms with E-state index in [0.717, 1.165) is 12.0 Å². The average molecular weight is 339 g/mol. The van der Waals surface area contributed by atoms with Gasteiger partial charge < -0.3 is 10.5 Å². The SMILES string of the molecule is CCCOc1cncc(C(N)c2cc(F)cc(Br)c2)c1. The van der Waals surface area contributed by atoms with Crippen LogP contribution in [0, 0.1) is 5.82 Å². The highest BCUT2D eigenvalue weighted by Crippen LogP contribution is 2.25. The number of ether oxygens (including phenoxy) is 1. The molecule has 1 atom stereocenters. The first-order valence-electron chi connectivity index (χ1n) is 6.39. The molecular formula is C15H16BrFN2O. The van der Waals surface area contributed by atoms with Gasteiger partial charge in [0.25, 0.3) is 0 Å². The molecule has 1 aromatic heterocycles. The van der Waals surface area contributed by atoms with Gasteiger partial charge in [0.1, 0.15) is 11.6 Å². The summed E-state index contributed by atoms with van der Waals surface area (Å²) in [5.41, 5.74) is 7.64. The highest BCUT2D eigenvalue weighted by atomic mass is 79.9. The van der Waals surface area contributed by atoms with Gasteiger partial charge >= 0.3 is 0 Å². The second-order valence-corrected chi connectivity index (χ2v) is 5.40. The Bertz CT molecular complexity index is 572. The summed E-state index contributed by atoms with van der Waals surface area (Å²) < 4.78 is 19.6. The van der Waals surface area contributed by atoms with E-state index in [1.807, 2.05) is 13.0 Å². The van der Waals surface area contributed by atoms with Crippen molar-refractivity contribution in [2.24, 2.45) is 5.73 Å². The van der Waals surface area contributed by atoms with Crippen LogP contribution < -0.4 is 10.5 Å². The number of pyridine rings is 1. The number of nitrogens with two attached hydrogens (primary N) is 1. The molecule has 2 aromatic rings. The summed E-state index contributed by atoms with van der Waals surface area (Å²) >= 11 is 3.27. The summed E-state index contributed by atoms with van der Waals surface area (Å²) in [7, 11) is 0. The van der Waals surface area contributed by atoms with Gasteiger partial charge in [0, 0.05) is 10.7 Å². The molecular weight excluding hydrogens is 323 g/mol. The zero-order valence-electron chi connectivity index (χ0n) is 11.1. The molecule has 106 valence electrons. The fourth-order valence-corrected chi connectivity index (χ4v) is 2.33. The van der Waals surface area contributed by atoms with Crippen molar-refractivity contribution in [3.63, 3.8) is 0 Å². The first kappa shape index (κ1) is 14.9. The maximum atomic E-state index is 13.4. The molecule has 0 bridgehead atoms. The van der Waals surface area contributed by atoms with Crippen molar-refractivity contribution in [1.29, 1.82) is 0 Å². The van der Waals surface area contributed by atoms with Crippen LogP contribution in [0.4, 0.5) is 4.39 Å². The predicted octanol–water partition coefficient (Wildman–Crippen LogP) is 3.82. The lowest BCUT2D eigenvalue weighted by atomic mass is 10.0. The molecule has 5 heteroatoms. The van der Waals surface area contributed by atoms with E-state index in [4.69, 9.17) is 10.5 Å². The third-order valence-corrected chi connectivity index (χ3v) is 3.27. The zero-order chi connectivity index (χ0) is 14.5. The molecule has 1 aromatic carbocycles. The molecule has 0 radical (unpaired) electrons. The summed E-state index contributed by atoms with van der Waals surface area (Å²) in [4.78, 5) is 4.12. The molecule has 0 aliphatic carbocycles. The molecule has 2 rings (SSSR count). The molecule has 0 fully saturated rings. The van der Waals surface area contributed by atoms with Crippen LogP contribution in [0.1, 0.15) is 30.5 Å². The molecule has 0 aliphatic heterocycles. The fraction of sp³-hybridized carbons (Fsp3) is 0.267. The van der Waals surface area contributed by atoms with Crippen molar-refractivity contribution in [3.8, 4) is 5.75 Å². The van der Waals surface area contributed by atoms with Crippen molar-refractivity contribution in [2.75, 3.05) is 6.61 Å². The molecule has 20 heavy (non-hydrogen) atoms. The van der Waals surface area contributed by atoms with Crippen molar-refractivity contribution in [3.05, 3.63) is 58.1 Å². The fourth-order valence-electron chi connectivity index (χ4n) is 1.85. The summed E-state index contributed by atoms with van der Waals surface area (Å²) in [6.07, 6.45) is 4.24. The van der Waals surface area contributed by atoms with E-state index >= 15 is 0 Å². The molecule has 0 aliphatic rings. The number of benzene rings is 1. The minimum Gasteiger partial charge on any atom is -0.492 e. The van der Waals surface area contributed by atoms with E-state index in [1.54, 1.807) is 18.5 Å². The average Bonchev–Trinajstić information content (AvgIpc) is 2.43. The van der Waals surface area contributed by atoms with Gasteiger partial charge in [-0.05, 0) is 41.8 Å². The van der Waals surface area contributed by atoms with Crippen LogP contribution in [0.2, 0.25) is 0 Å². The van der Waals surface area contributed by atoms with Crippen LogP contribution in [0.25, 0.3) is 0 Å². The lowest BCUT2D eigenvalue weighted by Crippen LogP contribution is -2.12. The summed E-state index contributed by atoms with van der Waals surface area (Å²) in [5.74, 6) is 0.353. The van der Waals surface area contributed by atoms with E-state index in [0.29, 0.717) is 22.4 Å². The van der Waals surface area contributed by atoms with E-state index < -0.39 is 6.04 Å². The van der Waals surface area contributed by atoms with Gasteiger partial charge in [-0.25, -0.2) is 4.39 Å². The van der Waals surface area contributed by atoms with Crippen LogP contribution in [0.15, 0.2) is 41.1 Å². The maximum absolute atomic E-state index is 13.4.